The van der Waals surface area contributed by atoms with Crippen molar-refractivity contribution in [1.82, 2.24) is 9.80 Å². The maximum atomic E-state index is 13.4. The molecular weight excluding hydrogens is 432 g/mol. The van der Waals surface area contributed by atoms with Crippen LogP contribution in [0.1, 0.15) is 64.7 Å². The van der Waals surface area contributed by atoms with Crippen LogP contribution in [-0.2, 0) is 24.1 Å². The molecule has 2 heterocycles. The molecule has 2 aliphatic carbocycles. The summed E-state index contributed by atoms with van der Waals surface area (Å²) in [5, 5.41) is -0.210. The van der Waals surface area contributed by atoms with Crippen LogP contribution in [-0.4, -0.2) is 86.2 Å². The van der Waals surface area contributed by atoms with Crippen LogP contribution >= 0.6 is 0 Å². The Hall–Kier alpha value is -1.35. The van der Waals surface area contributed by atoms with Gasteiger partial charge in [0.2, 0.25) is 0 Å². The minimum atomic E-state index is -2.98. The van der Waals surface area contributed by atoms with Gasteiger partial charge in [0.1, 0.15) is 15.9 Å². The number of methoxy groups -OCH3 is 1. The lowest BCUT2D eigenvalue weighted by Crippen LogP contribution is -2.68. The van der Waals surface area contributed by atoms with E-state index in [-0.39, 0.29) is 41.5 Å². The Morgan fingerprint density at radius 1 is 0.969 bits per heavy atom. The average molecular weight is 471 g/mol. The van der Waals surface area contributed by atoms with Gasteiger partial charge in [0.05, 0.1) is 30.5 Å². The average Bonchev–Trinajstić information content (AvgIpc) is 3.32. The number of carbonyl (C=O) groups is 2. The predicted molar refractivity (Wildman–Crippen MR) is 120 cm³/mol. The van der Waals surface area contributed by atoms with E-state index >= 15 is 0 Å². The van der Waals surface area contributed by atoms with E-state index in [1.54, 1.807) is 0 Å². The zero-order valence-corrected chi connectivity index (χ0v) is 20.4. The summed E-state index contributed by atoms with van der Waals surface area (Å²) in [7, 11) is -1.56. The molecule has 4 aliphatic rings. The molecule has 2 aliphatic heterocycles. The normalized spacial score (nSPS) is 38.3. The molecule has 8 nitrogen and oxygen atoms in total. The number of ether oxygens (including phenoxy) is 2. The zero-order valence-electron chi connectivity index (χ0n) is 19.6. The SMILES string of the molecule is COC(=O)N1C(C)CN(C(=O)C2CCCO2)C2CC(C3CCC(S(C)(=O)=O)CC3)CCC21. The Morgan fingerprint density at radius 2 is 1.66 bits per heavy atom. The molecule has 0 aromatic rings. The van der Waals surface area contributed by atoms with Gasteiger partial charge in [0.25, 0.3) is 5.91 Å². The Balaban J connectivity index is 1.51. The molecule has 2 amide bonds. The lowest BCUT2D eigenvalue weighted by atomic mass is 9.69. The van der Waals surface area contributed by atoms with Gasteiger partial charge in [0.15, 0.2) is 0 Å². The first-order valence-electron chi connectivity index (χ1n) is 12.2. The standard InChI is InChI=1S/C23H38N2O6S/c1-15-14-24(22(26)21-5-4-12-31-21)20-13-17(8-11-19(20)25(15)23(27)30-2)16-6-9-18(10-7-16)32(3,28)29/h15-21H,4-14H2,1-3H3. The summed E-state index contributed by atoms with van der Waals surface area (Å²) in [5.74, 6) is 0.999. The second-order valence-electron chi connectivity index (χ2n) is 10.3. The van der Waals surface area contributed by atoms with Crippen LogP contribution in [0.5, 0.6) is 0 Å². The van der Waals surface area contributed by atoms with Gasteiger partial charge >= 0.3 is 6.09 Å². The molecule has 4 rings (SSSR count). The van der Waals surface area contributed by atoms with Crippen LogP contribution in [0, 0.1) is 11.8 Å². The van der Waals surface area contributed by atoms with E-state index in [0.717, 1.165) is 57.8 Å². The molecule has 5 atom stereocenters. The van der Waals surface area contributed by atoms with E-state index in [1.165, 1.54) is 13.4 Å². The van der Waals surface area contributed by atoms with Gasteiger partial charge in [-0.05, 0) is 76.5 Å². The van der Waals surface area contributed by atoms with Crippen molar-refractivity contribution in [2.45, 2.75) is 94.2 Å². The van der Waals surface area contributed by atoms with Crippen molar-refractivity contribution < 1.29 is 27.5 Å². The largest absolute Gasteiger partial charge is 0.453 e. The van der Waals surface area contributed by atoms with E-state index in [4.69, 9.17) is 9.47 Å². The summed E-state index contributed by atoms with van der Waals surface area (Å²) in [4.78, 5) is 29.8. The number of piperazine rings is 1. The van der Waals surface area contributed by atoms with Gasteiger partial charge in [-0.15, -0.1) is 0 Å². The molecule has 0 N–H and O–H groups in total. The van der Waals surface area contributed by atoms with Crippen LogP contribution in [0.2, 0.25) is 0 Å². The fourth-order valence-corrected chi connectivity index (χ4v) is 7.83. The molecule has 0 aromatic carbocycles. The van der Waals surface area contributed by atoms with E-state index in [1.807, 2.05) is 16.7 Å². The molecule has 0 bridgehead atoms. The van der Waals surface area contributed by atoms with Gasteiger partial charge in [-0.1, -0.05) is 0 Å². The summed E-state index contributed by atoms with van der Waals surface area (Å²) in [5.41, 5.74) is 0. The number of sulfone groups is 1. The second-order valence-corrected chi connectivity index (χ2v) is 12.6. The van der Waals surface area contributed by atoms with Gasteiger partial charge in [-0.25, -0.2) is 13.2 Å². The van der Waals surface area contributed by atoms with Crippen LogP contribution < -0.4 is 0 Å². The molecule has 4 fully saturated rings. The molecule has 0 radical (unpaired) electrons. The van der Waals surface area contributed by atoms with Crippen molar-refractivity contribution in [3.05, 3.63) is 0 Å². The van der Waals surface area contributed by atoms with Crippen LogP contribution in [0.3, 0.4) is 0 Å². The molecule has 5 unspecified atom stereocenters. The third kappa shape index (κ3) is 4.65. The zero-order chi connectivity index (χ0) is 23.0. The molecule has 2 saturated heterocycles. The third-order valence-corrected chi connectivity index (χ3v) is 10.1. The fraction of sp³-hybridized carbons (Fsp3) is 0.913. The van der Waals surface area contributed by atoms with E-state index in [0.29, 0.717) is 25.0 Å². The molecule has 0 spiro atoms. The summed E-state index contributed by atoms with van der Waals surface area (Å²) >= 11 is 0. The first-order valence-corrected chi connectivity index (χ1v) is 14.1. The number of fused-ring (bicyclic) bond motifs is 1. The molecule has 0 aromatic heterocycles. The van der Waals surface area contributed by atoms with Crippen molar-refractivity contribution in [1.29, 1.82) is 0 Å². The maximum Gasteiger partial charge on any atom is 0.410 e. The first-order chi connectivity index (χ1) is 15.2. The van der Waals surface area contributed by atoms with E-state index < -0.39 is 9.84 Å². The highest BCUT2D eigenvalue weighted by Crippen LogP contribution is 2.44. The summed E-state index contributed by atoms with van der Waals surface area (Å²) in [6.07, 6.45) is 8.37. The number of hydrogen-bond donors (Lipinski definition) is 0. The van der Waals surface area contributed by atoms with Gasteiger partial charge in [0, 0.05) is 19.4 Å². The number of rotatable bonds is 3. The van der Waals surface area contributed by atoms with Crippen molar-refractivity contribution in [2.75, 3.05) is 26.5 Å². The lowest BCUT2D eigenvalue weighted by Gasteiger charge is -2.54. The third-order valence-electron chi connectivity index (χ3n) is 8.38. The van der Waals surface area contributed by atoms with Crippen molar-refractivity contribution >= 4 is 21.8 Å². The Bertz CT molecular complexity index is 803. The highest BCUT2D eigenvalue weighted by Gasteiger charge is 2.49. The van der Waals surface area contributed by atoms with Crippen LogP contribution in [0.15, 0.2) is 0 Å². The minimum absolute atomic E-state index is 0.0339. The Labute approximate surface area is 191 Å². The second kappa shape index (κ2) is 9.49. The minimum Gasteiger partial charge on any atom is -0.453 e. The Morgan fingerprint density at radius 3 is 2.25 bits per heavy atom. The maximum absolute atomic E-state index is 13.4. The van der Waals surface area contributed by atoms with Crippen molar-refractivity contribution in [2.24, 2.45) is 11.8 Å². The number of nitrogens with zero attached hydrogens (tertiary/aromatic N) is 2. The number of hydrogen-bond acceptors (Lipinski definition) is 6. The van der Waals surface area contributed by atoms with E-state index in [2.05, 4.69) is 0 Å². The highest BCUT2D eigenvalue weighted by atomic mass is 32.2. The molecule has 32 heavy (non-hydrogen) atoms. The highest BCUT2D eigenvalue weighted by molar-refractivity contribution is 7.91. The topological polar surface area (TPSA) is 93.2 Å². The summed E-state index contributed by atoms with van der Waals surface area (Å²) in [6, 6.07) is -0.177. The van der Waals surface area contributed by atoms with Gasteiger partial charge < -0.3 is 14.4 Å². The molecule has 182 valence electrons. The van der Waals surface area contributed by atoms with E-state index in [9.17, 15) is 18.0 Å². The summed E-state index contributed by atoms with van der Waals surface area (Å²) < 4.78 is 34.7. The van der Waals surface area contributed by atoms with Gasteiger partial charge in [-0.3, -0.25) is 9.69 Å². The monoisotopic (exact) mass is 470 g/mol. The van der Waals surface area contributed by atoms with Crippen molar-refractivity contribution in [3.8, 4) is 0 Å². The molecule has 2 saturated carbocycles. The first kappa shape index (κ1) is 23.8. The summed E-state index contributed by atoms with van der Waals surface area (Å²) in [6.45, 7) is 3.12. The number of carbonyl (C=O) groups excluding carboxylic acids is 2. The van der Waals surface area contributed by atoms with Crippen molar-refractivity contribution in [3.63, 3.8) is 0 Å². The van der Waals surface area contributed by atoms with Crippen LogP contribution in [0.25, 0.3) is 0 Å². The van der Waals surface area contributed by atoms with Gasteiger partial charge in [-0.2, -0.15) is 0 Å². The Kier molecular flexibility index (Phi) is 7.05. The molecule has 9 heteroatoms. The van der Waals surface area contributed by atoms with Crippen LogP contribution in [0.4, 0.5) is 4.79 Å². The lowest BCUT2D eigenvalue weighted by molar-refractivity contribution is -0.152. The quantitative estimate of drug-likeness (QED) is 0.629. The predicted octanol–water partition coefficient (Wildman–Crippen LogP) is 2.61. The molecular formula is C23H38N2O6S. The fourth-order valence-electron chi connectivity index (χ4n) is 6.70. The smallest absolute Gasteiger partial charge is 0.410 e. The number of amides is 2.